The zero-order valence-corrected chi connectivity index (χ0v) is 11.7. The molecule has 100 valence electrons. The predicted molar refractivity (Wildman–Crippen MR) is 73.1 cm³/mol. The van der Waals surface area contributed by atoms with Gasteiger partial charge in [0.25, 0.3) is 11.7 Å². The van der Waals surface area contributed by atoms with Crippen LogP contribution in [-0.4, -0.2) is 24.0 Å². The Hall–Kier alpha value is -1.39. The number of amides is 1. The maximum Gasteiger partial charge on any atom is 0.299 e. The standard InChI is InChI=1S/C13H11Cl2NO3/c1-2-3-7(17)6-16-11-9(15)5-4-8(14)10(11)12(18)13(16)19/h4-5H,2-3,6H2,1H3. The van der Waals surface area contributed by atoms with E-state index in [0.717, 1.165) is 4.90 Å². The molecular formula is C13H11Cl2NO3. The van der Waals surface area contributed by atoms with Gasteiger partial charge < -0.3 is 0 Å². The largest absolute Gasteiger partial charge is 0.299 e. The van der Waals surface area contributed by atoms with E-state index in [1.165, 1.54) is 12.1 Å². The lowest BCUT2D eigenvalue weighted by molar-refractivity contribution is -0.120. The third-order valence-corrected chi connectivity index (χ3v) is 3.50. The number of nitrogens with zero attached hydrogens (tertiary/aromatic N) is 1. The summed E-state index contributed by atoms with van der Waals surface area (Å²) < 4.78 is 0. The van der Waals surface area contributed by atoms with E-state index in [1.807, 2.05) is 6.92 Å². The summed E-state index contributed by atoms with van der Waals surface area (Å²) in [5, 5.41) is 0.408. The molecule has 2 rings (SSSR count). The molecule has 19 heavy (non-hydrogen) atoms. The highest BCUT2D eigenvalue weighted by Gasteiger charge is 2.39. The van der Waals surface area contributed by atoms with Crippen LogP contribution < -0.4 is 4.90 Å². The minimum Gasteiger partial charge on any atom is -0.298 e. The van der Waals surface area contributed by atoms with Crippen LogP contribution in [0.15, 0.2) is 12.1 Å². The molecule has 6 heteroatoms. The second-order valence-electron chi connectivity index (χ2n) is 4.26. The van der Waals surface area contributed by atoms with E-state index in [1.54, 1.807) is 0 Å². The molecule has 0 N–H and O–H groups in total. The zero-order valence-electron chi connectivity index (χ0n) is 10.2. The molecule has 0 atom stereocenters. The quantitative estimate of drug-likeness (QED) is 0.803. The molecule has 1 heterocycles. The Morgan fingerprint density at radius 1 is 1.21 bits per heavy atom. The van der Waals surface area contributed by atoms with Gasteiger partial charge in [-0.25, -0.2) is 0 Å². The molecule has 0 saturated carbocycles. The molecule has 1 aromatic rings. The summed E-state index contributed by atoms with van der Waals surface area (Å²) >= 11 is 11.9. The van der Waals surface area contributed by atoms with Gasteiger partial charge in [0.1, 0.15) is 0 Å². The molecule has 1 aliphatic heterocycles. The van der Waals surface area contributed by atoms with Crippen LogP contribution in [0.5, 0.6) is 0 Å². The number of anilines is 1. The Morgan fingerprint density at radius 2 is 1.84 bits per heavy atom. The number of carbonyl (C=O) groups is 3. The van der Waals surface area contributed by atoms with Crippen molar-refractivity contribution in [3.8, 4) is 0 Å². The molecule has 0 spiro atoms. The Bertz CT molecular complexity index is 583. The molecule has 0 aromatic heterocycles. The van der Waals surface area contributed by atoms with Crippen LogP contribution in [0.4, 0.5) is 5.69 Å². The third-order valence-electron chi connectivity index (χ3n) is 2.88. The summed E-state index contributed by atoms with van der Waals surface area (Å²) in [7, 11) is 0. The topological polar surface area (TPSA) is 54.5 Å². The number of ketones is 2. The molecule has 1 amide bonds. The maximum absolute atomic E-state index is 11.9. The van der Waals surface area contributed by atoms with Crippen LogP contribution in [0, 0.1) is 0 Å². The van der Waals surface area contributed by atoms with Crippen molar-refractivity contribution in [1.29, 1.82) is 0 Å². The lowest BCUT2D eigenvalue weighted by atomic mass is 10.1. The summed E-state index contributed by atoms with van der Waals surface area (Å²) in [5.74, 6) is -1.59. The van der Waals surface area contributed by atoms with Gasteiger partial charge in [0.2, 0.25) is 0 Å². The lowest BCUT2D eigenvalue weighted by Crippen LogP contribution is -2.34. The van der Waals surface area contributed by atoms with E-state index in [9.17, 15) is 14.4 Å². The van der Waals surface area contributed by atoms with Gasteiger partial charge in [-0.1, -0.05) is 30.1 Å². The number of benzene rings is 1. The van der Waals surface area contributed by atoms with Crippen molar-refractivity contribution < 1.29 is 14.4 Å². The maximum atomic E-state index is 11.9. The highest BCUT2D eigenvalue weighted by atomic mass is 35.5. The summed E-state index contributed by atoms with van der Waals surface area (Å²) in [4.78, 5) is 36.6. The second-order valence-corrected chi connectivity index (χ2v) is 5.08. The normalized spacial score (nSPS) is 13.9. The van der Waals surface area contributed by atoms with Crippen LogP contribution in [0.25, 0.3) is 0 Å². The first kappa shape index (κ1) is 14.0. The first-order valence-corrected chi connectivity index (χ1v) is 6.58. The molecule has 0 fully saturated rings. The van der Waals surface area contributed by atoms with Crippen molar-refractivity contribution >= 4 is 46.4 Å². The van der Waals surface area contributed by atoms with Crippen LogP contribution in [0.2, 0.25) is 10.0 Å². The lowest BCUT2D eigenvalue weighted by Gasteiger charge is -2.16. The van der Waals surface area contributed by atoms with E-state index in [-0.39, 0.29) is 33.6 Å². The van der Waals surface area contributed by atoms with Gasteiger partial charge in [0, 0.05) is 6.42 Å². The molecule has 0 radical (unpaired) electrons. The Kier molecular flexibility index (Phi) is 3.92. The molecule has 1 aliphatic rings. The summed E-state index contributed by atoms with van der Waals surface area (Å²) in [6.07, 6.45) is 1.04. The smallest absolute Gasteiger partial charge is 0.298 e. The van der Waals surface area contributed by atoms with Gasteiger partial charge in [0.05, 0.1) is 27.8 Å². The summed E-state index contributed by atoms with van der Waals surface area (Å²) in [6.45, 7) is 1.72. The van der Waals surface area contributed by atoms with Gasteiger partial charge >= 0.3 is 0 Å². The van der Waals surface area contributed by atoms with E-state index < -0.39 is 11.7 Å². The summed E-state index contributed by atoms with van der Waals surface area (Å²) in [6, 6.07) is 2.97. The number of halogens is 2. The molecule has 0 unspecified atom stereocenters. The van der Waals surface area contributed by atoms with Crippen LogP contribution in [-0.2, 0) is 9.59 Å². The van der Waals surface area contributed by atoms with Gasteiger partial charge in [-0.2, -0.15) is 0 Å². The minimum absolute atomic E-state index is 0.0865. The van der Waals surface area contributed by atoms with Gasteiger partial charge in [-0.05, 0) is 18.6 Å². The highest BCUT2D eigenvalue weighted by molar-refractivity contribution is 6.57. The van der Waals surface area contributed by atoms with Crippen molar-refractivity contribution in [3.63, 3.8) is 0 Å². The average Bonchev–Trinajstić information content (AvgIpc) is 2.60. The molecule has 0 saturated heterocycles. The van der Waals surface area contributed by atoms with E-state index >= 15 is 0 Å². The number of rotatable bonds is 4. The van der Waals surface area contributed by atoms with Crippen molar-refractivity contribution in [2.75, 3.05) is 11.4 Å². The van der Waals surface area contributed by atoms with Crippen LogP contribution in [0.1, 0.15) is 30.1 Å². The fourth-order valence-corrected chi connectivity index (χ4v) is 2.53. The average molecular weight is 300 g/mol. The number of Topliss-reactive ketones (excluding diaryl/α,β-unsaturated/α-hetero) is 2. The van der Waals surface area contributed by atoms with Crippen molar-refractivity contribution in [3.05, 3.63) is 27.7 Å². The van der Waals surface area contributed by atoms with Crippen LogP contribution in [0.3, 0.4) is 0 Å². The third kappa shape index (κ3) is 2.38. The number of hydrogen-bond acceptors (Lipinski definition) is 3. The molecule has 0 bridgehead atoms. The van der Waals surface area contributed by atoms with Crippen molar-refractivity contribution in [2.45, 2.75) is 19.8 Å². The minimum atomic E-state index is -0.755. The number of carbonyl (C=O) groups excluding carboxylic acids is 3. The zero-order chi connectivity index (χ0) is 14.2. The fraction of sp³-hybridized carbons (Fsp3) is 0.308. The monoisotopic (exact) mass is 299 g/mol. The molecule has 0 aliphatic carbocycles. The Morgan fingerprint density at radius 3 is 2.47 bits per heavy atom. The van der Waals surface area contributed by atoms with Gasteiger partial charge in [0.15, 0.2) is 5.78 Å². The van der Waals surface area contributed by atoms with Crippen LogP contribution >= 0.6 is 23.2 Å². The van der Waals surface area contributed by atoms with E-state index in [2.05, 4.69) is 0 Å². The van der Waals surface area contributed by atoms with Gasteiger partial charge in [-0.3, -0.25) is 19.3 Å². The SMILES string of the molecule is CCCC(=O)CN1C(=O)C(=O)c2c(Cl)ccc(Cl)c21. The summed E-state index contributed by atoms with van der Waals surface area (Å²) in [5.41, 5.74) is 0.331. The Labute approximate surface area is 120 Å². The van der Waals surface area contributed by atoms with Gasteiger partial charge in [-0.15, -0.1) is 0 Å². The molecule has 4 nitrogen and oxygen atoms in total. The molecule has 1 aromatic carbocycles. The number of hydrogen-bond donors (Lipinski definition) is 0. The predicted octanol–water partition coefficient (Wildman–Crippen LogP) is 2.89. The first-order chi connectivity index (χ1) is 8.97. The molecular weight excluding hydrogens is 289 g/mol. The number of fused-ring (bicyclic) bond motifs is 1. The Balaban J connectivity index is 2.44. The van der Waals surface area contributed by atoms with Crippen molar-refractivity contribution in [2.24, 2.45) is 0 Å². The second kappa shape index (κ2) is 5.31. The highest BCUT2D eigenvalue weighted by Crippen LogP contribution is 2.39. The first-order valence-electron chi connectivity index (χ1n) is 5.83. The van der Waals surface area contributed by atoms with Crippen molar-refractivity contribution in [1.82, 2.24) is 0 Å². The fourth-order valence-electron chi connectivity index (χ4n) is 2.04. The van der Waals surface area contributed by atoms with E-state index in [0.29, 0.717) is 12.8 Å². The van der Waals surface area contributed by atoms with E-state index in [4.69, 9.17) is 23.2 Å².